The summed E-state index contributed by atoms with van der Waals surface area (Å²) in [4.78, 5) is 3.31. The molecule has 0 spiro atoms. The van der Waals surface area contributed by atoms with Crippen LogP contribution in [-0.2, 0) is 9.84 Å². The number of halogens is 4. The summed E-state index contributed by atoms with van der Waals surface area (Å²) >= 11 is 0. The zero-order chi connectivity index (χ0) is 19.2. The van der Waals surface area contributed by atoms with Crippen molar-refractivity contribution >= 4 is 39.8 Å². The summed E-state index contributed by atoms with van der Waals surface area (Å²) in [6.45, 7) is 0.437. The number of benzene rings is 1. The first kappa shape index (κ1) is 23.8. The molecular weight excluding hydrogens is 498 g/mol. The number of sulfone groups is 1. The first-order valence-corrected chi connectivity index (χ1v) is 9.79. The summed E-state index contributed by atoms with van der Waals surface area (Å²) in [7, 11) is -5.35. The highest BCUT2D eigenvalue weighted by Crippen LogP contribution is 2.30. The molecule has 6 nitrogen and oxygen atoms in total. The van der Waals surface area contributed by atoms with Crippen molar-refractivity contribution in [2.45, 2.75) is 48.5 Å². The number of nitrogens with one attached hydrogen (secondary N) is 1. The van der Waals surface area contributed by atoms with Crippen molar-refractivity contribution in [1.29, 1.82) is 0 Å². The van der Waals surface area contributed by atoms with Gasteiger partial charge >= 0.3 is 5.51 Å². The van der Waals surface area contributed by atoms with Gasteiger partial charge in [-0.05, 0) is 37.1 Å². The maximum Gasteiger partial charge on any atom is 0.501 e. The molecule has 0 radical (unpaired) electrons. The monoisotopic (exact) mass is 521 g/mol. The number of guanidine groups is 1. The Balaban J connectivity index is 0.00000364. The van der Waals surface area contributed by atoms with Crippen LogP contribution in [0.5, 0.6) is 5.75 Å². The lowest BCUT2D eigenvalue weighted by molar-refractivity contribution is -0.0436. The molecular formula is C16H23F3IN3O3S. The van der Waals surface area contributed by atoms with Crippen molar-refractivity contribution in [1.82, 2.24) is 5.32 Å². The Hall–Kier alpha value is -1.24. The zero-order valence-electron chi connectivity index (χ0n) is 14.5. The van der Waals surface area contributed by atoms with Crippen molar-refractivity contribution in [3.05, 3.63) is 24.3 Å². The van der Waals surface area contributed by atoms with E-state index in [0.717, 1.165) is 25.0 Å². The van der Waals surface area contributed by atoms with E-state index in [1.807, 2.05) is 0 Å². The smallest absolute Gasteiger partial charge is 0.492 e. The van der Waals surface area contributed by atoms with E-state index in [9.17, 15) is 21.6 Å². The van der Waals surface area contributed by atoms with Crippen LogP contribution in [-0.4, -0.2) is 39.1 Å². The van der Waals surface area contributed by atoms with Gasteiger partial charge in [-0.3, -0.25) is 0 Å². The van der Waals surface area contributed by atoms with E-state index >= 15 is 0 Å². The lowest BCUT2D eigenvalue weighted by atomic mass is 9.96. The van der Waals surface area contributed by atoms with Crippen LogP contribution in [0.1, 0.15) is 32.1 Å². The van der Waals surface area contributed by atoms with E-state index in [1.54, 1.807) is 0 Å². The van der Waals surface area contributed by atoms with Crippen LogP contribution in [0, 0.1) is 0 Å². The predicted octanol–water partition coefficient (Wildman–Crippen LogP) is 3.21. The number of alkyl halides is 3. The minimum absolute atomic E-state index is 0. The normalized spacial score (nSPS) is 16.5. The minimum atomic E-state index is -5.35. The highest BCUT2D eigenvalue weighted by atomic mass is 127. The van der Waals surface area contributed by atoms with Gasteiger partial charge in [0.2, 0.25) is 0 Å². The lowest BCUT2D eigenvalue weighted by Gasteiger charge is -2.23. The molecule has 0 aliphatic heterocycles. The fourth-order valence-corrected chi connectivity index (χ4v) is 3.44. The maximum absolute atomic E-state index is 12.5. The minimum Gasteiger partial charge on any atom is -0.492 e. The molecule has 154 valence electrons. The number of nitrogens with zero attached hydrogens (tertiary/aromatic N) is 1. The van der Waals surface area contributed by atoms with Crippen molar-refractivity contribution in [3.8, 4) is 5.75 Å². The molecule has 0 heterocycles. The van der Waals surface area contributed by atoms with Crippen molar-refractivity contribution < 1.29 is 26.3 Å². The molecule has 1 aliphatic carbocycles. The molecule has 0 saturated heterocycles. The van der Waals surface area contributed by atoms with Crippen LogP contribution in [0.25, 0.3) is 0 Å². The van der Waals surface area contributed by atoms with Crippen LogP contribution in [0.2, 0.25) is 0 Å². The van der Waals surface area contributed by atoms with Crippen molar-refractivity contribution in [2.24, 2.45) is 10.7 Å². The number of ether oxygens (including phenoxy) is 1. The summed E-state index contributed by atoms with van der Waals surface area (Å²) in [5.74, 6) is 0.590. The van der Waals surface area contributed by atoms with Crippen LogP contribution >= 0.6 is 24.0 Å². The molecule has 2 rings (SSSR count). The van der Waals surface area contributed by atoms with Gasteiger partial charge in [0.25, 0.3) is 9.84 Å². The van der Waals surface area contributed by atoms with Gasteiger partial charge in [-0.2, -0.15) is 13.2 Å². The van der Waals surface area contributed by atoms with Gasteiger partial charge < -0.3 is 15.8 Å². The second-order valence-corrected chi connectivity index (χ2v) is 7.96. The quantitative estimate of drug-likeness (QED) is 0.260. The average molecular weight is 521 g/mol. The van der Waals surface area contributed by atoms with E-state index in [2.05, 4.69) is 10.3 Å². The van der Waals surface area contributed by atoms with Gasteiger partial charge in [0.1, 0.15) is 12.4 Å². The van der Waals surface area contributed by atoms with Crippen molar-refractivity contribution in [2.75, 3.05) is 13.2 Å². The van der Waals surface area contributed by atoms with E-state index in [0.29, 0.717) is 12.0 Å². The summed E-state index contributed by atoms with van der Waals surface area (Å²) in [6, 6.07) is 4.41. The maximum atomic E-state index is 12.5. The molecule has 1 fully saturated rings. The first-order valence-electron chi connectivity index (χ1n) is 8.31. The third-order valence-corrected chi connectivity index (χ3v) is 5.54. The molecule has 0 amide bonds. The van der Waals surface area contributed by atoms with Gasteiger partial charge in [0.15, 0.2) is 5.96 Å². The van der Waals surface area contributed by atoms with E-state index in [1.165, 1.54) is 31.4 Å². The molecule has 0 unspecified atom stereocenters. The summed E-state index contributed by atoms with van der Waals surface area (Å²) in [6.07, 6.45) is 5.73. The third-order valence-electron chi connectivity index (χ3n) is 4.04. The highest BCUT2D eigenvalue weighted by molar-refractivity contribution is 14.0. The molecule has 1 saturated carbocycles. The average Bonchev–Trinajstić information content (AvgIpc) is 2.59. The Morgan fingerprint density at radius 1 is 1.19 bits per heavy atom. The largest absolute Gasteiger partial charge is 0.501 e. The Morgan fingerprint density at radius 3 is 2.33 bits per heavy atom. The van der Waals surface area contributed by atoms with Gasteiger partial charge in [-0.15, -0.1) is 24.0 Å². The highest BCUT2D eigenvalue weighted by Gasteiger charge is 2.46. The topological polar surface area (TPSA) is 93.8 Å². The molecule has 0 atom stereocenters. The Kier molecular flexibility index (Phi) is 9.12. The number of aliphatic imine (C=N–C) groups is 1. The van der Waals surface area contributed by atoms with Gasteiger partial charge in [0.05, 0.1) is 11.4 Å². The number of hydrogen-bond acceptors (Lipinski definition) is 4. The fraction of sp³-hybridized carbons (Fsp3) is 0.562. The Bertz CT molecular complexity index is 719. The molecule has 11 heteroatoms. The summed E-state index contributed by atoms with van der Waals surface area (Å²) in [5.41, 5.74) is 0.476. The van der Waals surface area contributed by atoms with Crippen LogP contribution in [0.3, 0.4) is 0 Å². The second kappa shape index (κ2) is 10.3. The Morgan fingerprint density at radius 2 is 1.78 bits per heavy atom. The van der Waals surface area contributed by atoms with E-state index in [4.69, 9.17) is 10.5 Å². The van der Waals surface area contributed by atoms with Crippen LogP contribution < -0.4 is 15.8 Å². The van der Waals surface area contributed by atoms with E-state index in [-0.39, 0.29) is 42.9 Å². The van der Waals surface area contributed by atoms with Gasteiger partial charge in [-0.1, -0.05) is 19.3 Å². The molecule has 1 aromatic carbocycles. The summed E-state index contributed by atoms with van der Waals surface area (Å²) < 4.78 is 65.2. The van der Waals surface area contributed by atoms with Gasteiger partial charge in [0, 0.05) is 6.04 Å². The summed E-state index contributed by atoms with van der Waals surface area (Å²) in [5, 5.41) is 3.15. The molecule has 0 bridgehead atoms. The second-order valence-electron chi connectivity index (χ2n) is 6.02. The standard InChI is InChI=1S/C16H22F3N3O3S.HI/c17-16(18,19)26(23,24)14-8-6-13(7-9-14)25-11-10-21-15(20)22-12-4-2-1-3-5-12;/h6-9,12H,1-5,10-11H2,(H3,20,21,22);1H. The molecule has 27 heavy (non-hydrogen) atoms. The number of hydrogen-bond donors (Lipinski definition) is 2. The third kappa shape index (κ3) is 7.01. The molecule has 1 aliphatic rings. The van der Waals surface area contributed by atoms with Gasteiger partial charge in [-0.25, -0.2) is 13.4 Å². The lowest BCUT2D eigenvalue weighted by Crippen LogP contribution is -2.41. The van der Waals surface area contributed by atoms with Crippen LogP contribution in [0.4, 0.5) is 13.2 Å². The van der Waals surface area contributed by atoms with Crippen molar-refractivity contribution in [3.63, 3.8) is 0 Å². The first-order chi connectivity index (χ1) is 12.2. The molecule has 1 aromatic rings. The molecule has 3 N–H and O–H groups in total. The van der Waals surface area contributed by atoms with Crippen LogP contribution in [0.15, 0.2) is 34.2 Å². The predicted molar refractivity (Wildman–Crippen MR) is 107 cm³/mol. The Labute approximate surface area is 173 Å². The fourth-order valence-electron chi connectivity index (χ4n) is 2.68. The number of nitrogens with two attached hydrogens (primary N) is 1. The SMILES string of the molecule is I.NC(=NCCOc1ccc(S(=O)(=O)C(F)(F)F)cc1)NC1CCCCC1. The number of rotatable bonds is 6. The zero-order valence-corrected chi connectivity index (χ0v) is 17.7. The molecule has 0 aromatic heterocycles. The van der Waals surface area contributed by atoms with E-state index < -0.39 is 20.2 Å².